The fourth-order valence-electron chi connectivity index (χ4n) is 2.37. The molecule has 1 aliphatic heterocycles. The number of aliphatic imine (C=N–C) groups is 1. The van der Waals surface area contributed by atoms with E-state index in [2.05, 4.69) is 36.9 Å². The van der Waals surface area contributed by atoms with Crippen molar-refractivity contribution in [2.75, 3.05) is 31.6 Å². The largest absolute Gasteiger partial charge is 0.376 e. The molecule has 0 saturated carbocycles. The molecule has 1 aliphatic rings. The molecule has 1 saturated heterocycles. The minimum Gasteiger partial charge on any atom is -0.376 e. The first-order valence-electron chi connectivity index (χ1n) is 8.36. The number of anilines is 1. The Morgan fingerprint density at radius 1 is 1.33 bits per heavy atom. The molecule has 3 N–H and O–H groups in total. The van der Waals surface area contributed by atoms with Gasteiger partial charge < -0.3 is 20.7 Å². The third kappa shape index (κ3) is 6.88. The van der Waals surface area contributed by atoms with Crippen LogP contribution in [0.15, 0.2) is 33.7 Å². The quantitative estimate of drug-likeness (QED) is 0.488. The van der Waals surface area contributed by atoms with Gasteiger partial charge in [0.25, 0.3) is 0 Å². The van der Waals surface area contributed by atoms with Crippen molar-refractivity contribution in [1.29, 1.82) is 0 Å². The van der Waals surface area contributed by atoms with E-state index in [-0.39, 0.29) is 12.0 Å². The van der Waals surface area contributed by atoms with Crippen LogP contribution in [0.1, 0.15) is 26.2 Å². The minimum atomic E-state index is -0.0280. The Balaban J connectivity index is 1.71. The molecule has 7 heteroatoms. The van der Waals surface area contributed by atoms with Crippen LogP contribution in [0.3, 0.4) is 0 Å². The molecule has 1 atom stereocenters. The molecule has 1 fully saturated rings. The first-order valence-corrected chi connectivity index (χ1v) is 9.16. The lowest BCUT2D eigenvalue weighted by Crippen LogP contribution is -2.39. The van der Waals surface area contributed by atoms with Crippen LogP contribution in [0.25, 0.3) is 0 Å². The zero-order chi connectivity index (χ0) is 17.2. The monoisotopic (exact) mass is 396 g/mol. The Bertz CT molecular complexity index is 542. The van der Waals surface area contributed by atoms with Gasteiger partial charge in [-0.3, -0.25) is 9.79 Å². The van der Waals surface area contributed by atoms with Gasteiger partial charge in [0.2, 0.25) is 5.91 Å². The Hall–Kier alpha value is -1.60. The minimum absolute atomic E-state index is 0.0280. The predicted molar refractivity (Wildman–Crippen MR) is 100 cm³/mol. The third-order valence-corrected chi connectivity index (χ3v) is 4.12. The normalized spacial score (nSPS) is 17.6. The van der Waals surface area contributed by atoms with Gasteiger partial charge in [-0.1, -0.05) is 15.9 Å². The molecule has 1 aromatic rings. The molecule has 24 heavy (non-hydrogen) atoms. The van der Waals surface area contributed by atoms with E-state index >= 15 is 0 Å². The molecule has 2 rings (SSSR count). The molecular weight excluding hydrogens is 372 g/mol. The van der Waals surface area contributed by atoms with Gasteiger partial charge in [0, 0.05) is 36.3 Å². The third-order valence-electron chi connectivity index (χ3n) is 3.59. The topological polar surface area (TPSA) is 74.8 Å². The number of carbonyl (C=O) groups excluding carboxylic acids is 1. The number of hydrogen-bond acceptors (Lipinski definition) is 3. The van der Waals surface area contributed by atoms with E-state index in [1.807, 2.05) is 31.2 Å². The number of guanidine groups is 1. The average Bonchev–Trinajstić information content (AvgIpc) is 3.08. The van der Waals surface area contributed by atoms with Gasteiger partial charge in [0.15, 0.2) is 5.96 Å². The summed E-state index contributed by atoms with van der Waals surface area (Å²) in [6.45, 7) is 4.81. The molecule has 0 bridgehead atoms. The van der Waals surface area contributed by atoms with Crippen molar-refractivity contribution in [3.8, 4) is 0 Å². The maximum atomic E-state index is 12.0. The molecular formula is C17H25BrN4O2. The smallest absolute Gasteiger partial charge is 0.226 e. The maximum Gasteiger partial charge on any atom is 0.226 e. The van der Waals surface area contributed by atoms with E-state index in [9.17, 15) is 4.79 Å². The van der Waals surface area contributed by atoms with E-state index in [4.69, 9.17) is 4.74 Å². The van der Waals surface area contributed by atoms with E-state index in [1.165, 1.54) is 0 Å². The van der Waals surface area contributed by atoms with Crippen LogP contribution in [0, 0.1) is 0 Å². The number of rotatable bonds is 7. The Kier molecular flexibility index (Phi) is 8.04. The zero-order valence-electron chi connectivity index (χ0n) is 14.0. The number of nitrogens with one attached hydrogen (secondary N) is 3. The average molecular weight is 397 g/mol. The molecule has 1 unspecified atom stereocenters. The van der Waals surface area contributed by atoms with Crippen molar-refractivity contribution >= 4 is 33.5 Å². The number of halogens is 1. The lowest BCUT2D eigenvalue weighted by Gasteiger charge is -2.13. The molecule has 132 valence electrons. The number of benzene rings is 1. The zero-order valence-corrected chi connectivity index (χ0v) is 15.6. The predicted octanol–water partition coefficient (Wildman–Crippen LogP) is 2.51. The standard InChI is InChI=1S/C17H25BrN4O2/c1-2-19-17(21-12-15-4-3-11-24-15)20-10-9-16(23)22-14-7-5-13(18)6-8-14/h5-8,15H,2-4,9-12H2,1H3,(H,22,23)(H2,19,20,21). The highest BCUT2D eigenvalue weighted by molar-refractivity contribution is 9.10. The van der Waals surface area contributed by atoms with E-state index in [1.54, 1.807) is 0 Å². The van der Waals surface area contributed by atoms with Gasteiger partial charge in [-0.25, -0.2) is 0 Å². The van der Waals surface area contributed by atoms with Gasteiger partial charge in [0.05, 0.1) is 12.6 Å². The summed E-state index contributed by atoms with van der Waals surface area (Å²) in [5, 5.41) is 9.24. The summed E-state index contributed by atoms with van der Waals surface area (Å²) >= 11 is 3.37. The Morgan fingerprint density at radius 3 is 2.79 bits per heavy atom. The summed E-state index contributed by atoms with van der Waals surface area (Å²) in [4.78, 5) is 16.5. The van der Waals surface area contributed by atoms with Gasteiger partial charge in [-0.2, -0.15) is 0 Å². The van der Waals surface area contributed by atoms with Crippen LogP contribution in [-0.2, 0) is 9.53 Å². The van der Waals surface area contributed by atoms with E-state index in [0.29, 0.717) is 19.5 Å². The first-order chi connectivity index (χ1) is 11.7. The highest BCUT2D eigenvalue weighted by Crippen LogP contribution is 2.14. The summed E-state index contributed by atoms with van der Waals surface area (Å²) in [7, 11) is 0. The molecule has 0 aromatic heterocycles. The molecule has 0 radical (unpaired) electrons. The Morgan fingerprint density at radius 2 is 2.12 bits per heavy atom. The van der Waals surface area contributed by atoms with Gasteiger partial charge in [0.1, 0.15) is 0 Å². The highest BCUT2D eigenvalue weighted by Gasteiger charge is 2.14. The van der Waals surface area contributed by atoms with Crippen LogP contribution in [0.2, 0.25) is 0 Å². The van der Waals surface area contributed by atoms with Crippen LogP contribution in [-0.4, -0.2) is 44.2 Å². The number of hydrogen-bond donors (Lipinski definition) is 3. The summed E-state index contributed by atoms with van der Waals surface area (Å²) in [5.41, 5.74) is 0.794. The summed E-state index contributed by atoms with van der Waals surface area (Å²) in [5.74, 6) is 0.698. The second-order valence-corrected chi connectivity index (χ2v) is 6.50. The van der Waals surface area contributed by atoms with Crippen molar-refractivity contribution in [1.82, 2.24) is 10.6 Å². The van der Waals surface area contributed by atoms with E-state index < -0.39 is 0 Å². The van der Waals surface area contributed by atoms with Crippen LogP contribution < -0.4 is 16.0 Å². The molecule has 1 heterocycles. The molecule has 1 amide bonds. The van der Waals surface area contributed by atoms with Crippen molar-refractivity contribution in [3.05, 3.63) is 28.7 Å². The van der Waals surface area contributed by atoms with Gasteiger partial charge in [-0.05, 0) is 44.0 Å². The molecule has 6 nitrogen and oxygen atoms in total. The van der Waals surface area contributed by atoms with Crippen molar-refractivity contribution in [3.63, 3.8) is 0 Å². The van der Waals surface area contributed by atoms with Crippen molar-refractivity contribution in [2.45, 2.75) is 32.3 Å². The number of nitrogens with zero attached hydrogens (tertiary/aromatic N) is 1. The maximum absolute atomic E-state index is 12.0. The van der Waals surface area contributed by atoms with E-state index in [0.717, 1.165) is 42.1 Å². The van der Waals surface area contributed by atoms with Crippen LogP contribution in [0.4, 0.5) is 5.69 Å². The SMILES string of the molecule is CCNC(=NCC1CCCO1)NCCC(=O)Nc1ccc(Br)cc1. The highest BCUT2D eigenvalue weighted by atomic mass is 79.9. The summed E-state index contributed by atoms with van der Waals surface area (Å²) < 4.78 is 6.55. The second kappa shape index (κ2) is 10.3. The lowest BCUT2D eigenvalue weighted by atomic mass is 10.2. The van der Waals surface area contributed by atoms with Gasteiger partial charge in [-0.15, -0.1) is 0 Å². The lowest BCUT2D eigenvalue weighted by molar-refractivity contribution is -0.116. The van der Waals surface area contributed by atoms with Gasteiger partial charge >= 0.3 is 0 Å². The fourth-order valence-corrected chi connectivity index (χ4v) is 2.64. The number of amides is 1. The number of carbonyl (C=O) groups is 1. The number of ether oxygens (including phenoxy) is 1. The first kappa shape index (κ1) is 18.7. The summed E-state index contributed by atoms with van der Waals surface area (Å²) in [6, 6.07) is 7.52. The molecule has 0 aliphatic carbocycles. The van der Waals surface area contributed by atoms with Crippen LogP contribution in [0.5, 0.6) is 0 Å². The Labute approximate surface area is 151 Å². The van der Waals surface area contributed by atoms with Crippen LogP contribution >= 0.6 is 15.9 Å². The fraction of sp³-hybridized carbons (Fsp3) is 0.529. The summed E-state index contributed by atoms with van der Waals surface area (Å²) in [6.07, 6.45) is 2.78. The molecule has 0 spiro atoms. The van der Waals surface area contributed by atoms with Crippen molar-refractivity contribution in [2.24, 2.45) is 4.99 Å². The van der Waals surface area contributed by atoms with Crippen molar-refractivity contribution < 1.29 is 9.53 Å². The molecule has 1 aromatic carbocycles. The second-order valence-electron chi connectivity index (χ2n) is 5.59.